The molecule has 5 heterocycles. The summed E-state index contributed by atoms with van der Waals surface area (Å²) in [6, 6.07) is 50.6. The summed E-state index contributed by atoms with van der Waals surface area (Å²) in [5.41, 5.74) is 11.7. The maximum Gasteiger partial charge on any atom is 0.144 e. The zero-order chi connectivity index (χ0) is 33.5. The smallest absolute Gasteiger partial charge is 0.144 e. The lowest BCUT2D eigenvalue weighted by Gasteiger charge is -2.12. The number of pyridine rings is 4. The first-order chi connectivity index (χ1) is 25.3. The topological polar surface area (TPSA) is 64.7 Å². The van der Waals surface area contributed by atoms with E-state index < -0.39 is 0 Å². The van der Waals surface area contributed by atoms with E-state index in [1.165, 1.54) is 0 Å². The molecule has 11 aromatic rings. The maximum absolute atomic E-state index is 6.50. The van der Waals surface area contributed by atoms with Crippen molar-refractivity contribution in [2.75, 3.05) is 0 Å². The van der Waals surface area contributed by atoms with Crippen LogP contribution in [0.1, 0.15) is 0 Å². The molecule has 5 aromatic heterocycles. The molecule has 0 saturated carbocycles. The highest BCUT2D eigenvalue weighted by atomic mass is 16.3. The Balaban J connectivity index is 0.993. The molecule has 0 aliphatic heterocycles. The molecule has 5 heteroatoms. The molecule has 0 bridgehead atoms. The fourth-order valence-electron chi connectivity index (χ4n) is 7.71. The number of rotatable bonds is 3. The average Bonchev–Trinajstić information content (AvgIpc) is 3.59. The monoisotopic (exact) mass is 650 g/mol. The first kappa shape index (κ1) is 27.9. The Labute approximate surface area is 291 Å². The van der Waals surface area contributed by atoms with Gasteiger partial charge in [-0.25, -0.2) is 9.97 Å². The Bertz CT molecular complexity index is 3200. The van der Waals surface area contributed by atoms with Gasteiger partial charge in [-0.1, -0.05) is 91.0 Å². The van der Waals surface area contributed by atoms with Gasteiger partial charge in [0.15, 0.2) is 0 Å². The second-order valence-corrected chi connectivity index (χ2v) is 13.0. The van der Waals surface area contributed by atoms with Gasteiger partial charge in [-0.2, -0.15) is 0 Å². The van der Waals surface area contributed by atoms with Crippen LogP contribution in [0, 0.1) is 0 Å². The van der Waals surface area contributed by atoms with Crippen LogP contribution in [0.3, 0.4) is 0 Å². The molecule has 236 valence electrons. The minimum absolute atomic E-state index is 0.892. The fourth-order valence-corrected chi connectivity index (χ4v) is 7.71. The van der Waals surface area contributed by atoms with E-state index in [0.717, 1.165) is 110 Å². The van der Waals surface area contributed by atoms with Gasteiger partial charge in [0.25, 0.3) is 0 Å². The van der Waals surface area contributed by atoms with Crippen molar-refractivity contribution in [2.45, 2.75) is 0 Å². The number of nitrogens with zero attached hydrogens (tertiary/aromatic N) is 4. The minimum Gasteiger partial charge on any atom is -0.455 e. The van der Waals surface area contributed by atoms with Crippen LogP contribution in [-0.4, -0.2) is 19.9 Å². The molecule has 6 aromatic carbocycles. The minimum atomic E-state index is 0.892. The number of aromatic nitrogens is 4. The molecule has 0 radical (unpaired) electrons. The third-order valence-corrected chi connectivity index (χ3v) is 10.1. The van der Waals surface area contributed by atoms with Gasteiger partial charge in [0.05, 0.1) is 33.5 Å². The summed E-state index contributed by atoms with van der Waals surface area (Å²) < 4.78 is 6.50. The van der Waals surface area contributed by atoms with E-state index in [4.69, 9.17) is 19.4 Å². The van der Waals surface area contributed by atoms with Gasteiger partial charge in [-0.05, 0) is 65.7 Å². The molecule has 0 atom stereocenters. The second kappa shape index (κ2) is 10.8. The largest absolute Gasteiger partial charge is 0.455 e. The molecular formula is C46H26N4O. The molecule has 0 saturated heterocycles. The van der Waals surface area contributed by atoms with Crippen molar-refractivity contribution in [1.29, 1.82) is 0 Å². The van der Waals surface area contributed by atoms with Crippen molar-refractivity contribution in [3.8, 4) is 33.6 Å². The highest BCUT2D eigenvalue weighted by Gasteiger charge is 2.17. The molecule has 5 nitrogen and oxygen atoms in total. The van der Waals surface area contributed by atoms with Crippen LogP contribution in [0.25, 0.3) is 110 Å². The summed E-state index contributed by atoms with van der Waals surface area (Å²) in [7, 11) is 0. The number of hydrogen-bond acceptors (Lipinski definition) is 5. The standard InChI is InChI=1S/C46H26N4O/c1-3-11-40-35(9-1)42-36(20-19-34-32-8-2-4-12-41(32)51-46(34)42)43(50-40)28-15-13-27(14-16-28)38-22-18-30-25-29(17-21-39(30)49-38)37-26-31-7-5-23-47-44(31)45-33(37)10-6-24-48-45/h1-26H. The van der Waals surface area contributed by atoms with Crippen LogP contribution in [0.15, 0.2) is 162 Å². The molecule has 11 rings (SSSR count). The van der Waals surface area contributed by atoms with E-state index in [1.54, 1.807) is 0 Å². The highest BCUT2D eigenvalue weighted by molar-refractivity contribution is 6.24. The van der Waals surface area contributed by atoms with Gasteiger partial charge in [0.2, 0.25) is 0 Å². The maximum atomic E-state index is 6.50. The fraction of sp³-hybridized carbons (Fsp3) is 0. The van der Waals surface area contributed by atoms with Crippen molar-refractivity contribution >= 4 is 76.3 Å². The quantitative estimate of drug-likeness (QED) is 0.178. The van der Waals surface area contributed by atoms with Crippen LogP contribution in [0.4, 0.5) is 0 Å². The molecule has 0 aliphatic carbocycles. The van der Waals surface area contributed by atoms with E-state index in [9.17, 15) is 0 Å². The Morgan fingerprint density at radius 2 is 1.18 bits per heavy atom. The van der Waals surface area contributed by atoms with Crippen LogP contribution in [0.5, 0.6) is 0 Å². The van der Waals surface area contributed by atoms with E-state index in [2.05, 4.69) is 120 Å². The van der Waals surface area contributed by atoms with Crippen molar-refractivity contribution in [1.82, 2.24) is 19.9 Å². The lowest BCUT2D eigenvalue weighted by molar-refractivity contribution is 0.673. The van der Waals surface area contributed by atoms with Gasteiger partial charge in [-0.3, -0.25) is 9.97 Å². The Hall–Kier alpha value is -6.98. The van der Waals surface area contributed by atoms with Crippen LogP contribution in [-0.2, 0) is 0 Å². The van der Waals surface area contributed by atoms with E-state index >= 15 is 0 Å². The van der Waals surface area contributed by atoms with E-state index in [1.807, 2.05) is 42.7 Å². The summed E-state index contributed by atoms with van der Waals surface area (Å²) in [5, 5.41) is 8.73. The molecule has 51 heavy (non-hydrogen) atoms. The number of para-hydroxylation sites is 2. The number of fused-ring (bicyclic) bond motifs is 11. The summed E-state index contributed by atoms with van der Waals surface area (Å²) in [5.74, 6) is 0. The van der Waals surface area contributed by atoms with Gasteiger partial charge in [0.1, 0.15) is 11.2 Å². The molecular weight excluding hydrogens is 625 g/mol. The lowest BCUT2D eigenvalue weighted by Crippen LogP contribution is -1.91. The molecule has 0 amide bonds. The predicted molar refractivity (Wildman–Crippen MR) is 209 cm³/mol. The molecule has 0 spiro atoms. The number of benzene rings is 6. The number of hydrogen-bond donors (Lipinski definition) is 0. The zero-order valence-corrected chi connectivity index (χ0v) is 27.2. The first-order valence-corrected chi connectivity index (χ1v) is 17.0. The van der Waals surface area contributed by atoms with Crippen LogP contribution in [0.2, 0.25) is 0 Å². The summed E-state index contributed by atoms with van der Waals surface area (Å²) in [6.07, 6.45) is 3.66. The van der Waals surface area contributed by atoms with E-state index in [-0.39, 0.29) is 0 Å². The first-order valence-electron chi connectivity index (χ1n) is 17.0. The Morgan fingerprint density at radius 3 is 2.10 bits per heavy atom. The zero-order valence-electron chi connectivity index (χ0n) is 27.2. The van der Waals surface area contributed by atoms with Gasteiger partial charge in [0, 0.05) is 66.6 Å². The summed E-state index contributed by atoms with van der Waals surface area (Å²) >= 11 is 0. The predicted octanol–water partition coefficient (Wildman–Crippen LogP) is 11.9. The SMILES string of the molecule is c1cnc2c(c1)cc(-c1ccc3nc(-c4ccc(-c5nc6ccccc6c6c5ccc5c7ccccc7oc56)cc4)ccc3c1)c1cccnc12. The van der Waals surface area contributed by atoms with Crippen molar-refractivity contribution < 1.29 is 4.42 Å². The van der Waals surface area contributed by atoms with Gasteiger partial charge < -0.3 is 4.42 Å². The van der Waals surface area contributed by atoms with Crippen LogP contribution >= 0.6 is 0 Å². The number of furan rings is 1. The summed E-state index contributed by atoms with van der Waals surface area (Å²) in [6.45, 7) is 0. The highest BCUT2D eigenvalue weighted by Crippen LogP contribution is 2.41. The van der Waals surface area contributed by atoms with Crippen molar-refractivity contribution in [3.05, 3.63) is 158 Å². The van der Waals surface area contributed by atoms with Crippen molar-refractivity contribution in [3.63, 3.8) is 0 Å². The third kappa shape index (κ3) is 4.28. The Morgan fingerprint density at radius 1 is 0.431 bits per heavy atom. The van der Waals surface area contributed by atoms with E-state index in [0.29, 0.717) is 0 Å². The van der Waals surface area contributed by atoms with Crippen LogP contribution < -0.4 is 0 Å². The molecule has 0 N–H and O–H groups in total. The lowest BCUT2D eigenvalue weighted by atomic mass is 9.96. The van der Waals surface area contributed by atoms with Gasteiger partial charge in [-0.15, -0.1) is 0 Å². The molecule has 0 aliphatic rings. The normalized spacial score (nSPS) is 11.9. The van der Waals surface area contributed by atoms with Crippen molar-refractivity contribution in [2.24, 2.45) is 0 Å². The molecule has 0 fully saturated rings. The third-order valence-electron chi connectivity index (χ3n) is 10.1. The molecule has 0 unspecified atom stereocenters. The Kier molecular flexibility index (Phi) is 5.89. The van der Waals surface area contributed by atoms with Gasteiger partial charge >= 0.3 is 0 Å². The second-order valence-electron chi connectivity index (χ2n) is 13.0. The average molecular weight is 651 g/mol. The summed E-state index contributed by atoms with van der Waals surface area (Å²) in [4.78, 5) is 19.6.